The van der Waals surface area contributed by atoms with Crippen LogP contribution in [0.2, 0.25) is 5.02 Å². The van der Waals surface area contributed by atoms with E-state index in [4.69, 9.17) is 21.4 Å². The van der Waals surface area contributed by atoms with E-state index in [0.29, 0.717) is 5.75 Å². The maximum atomic E-state index is 11.2. The van der Waals surface area contributed by atoms with Gasteiger partial charge in [0, 0.05) is 0 Å². The monoisotopic (exact) mass is 276 g/mol. The fourth-order valence-corrected chi connectivity index (χ4v) is 1.92. The maximum Gasteiger partial charge on any atom is 0.339 e. The number of hydrogen-bond acceptors (Lipinski definition) is 2. The van der Waals surface area contributed by atoms with Crippen LogP contribution < -0.4 is 4.74 Å². The van der Waals surface area contributed by atoms with E-state index in [1.807, 2.05) is 32.0 Å². The third-order valence-corrected chi connectivity index (χ3v) is 3.05. The first-order valence-electron chi connectivity index (χ1n) is 5.76. The summed E-state index contributed by atoms with van der Waals surface area (Å²) < 4.78 is 5.70. The average Bonchev–Trinajstić information content (AvgIpc) is 2.35. The van der Waals surface area contributed by atoms with Crippen molar-refractivity contribution in [2.75, 3.05) is 0 Å². The lowest BCUT2D eigenvalue weighted by Gasteiger charge is -2.13. The van der Waals surface area contributed by atoms with Gasteiger partial charge in [-0.1, -0.05) is 29.8 Å². The lowest BCUT2D eigenvalue weighted by atomic mass is 10.1. The number of rotatable bonds is 3. The first-order valence-corrected chi connectivity index (χ1v) is 6.13. The van der Waals surface area contributed by atoms with E-state index >= 15 is 0 Å². The molecule has 0 aromatic heterocycles. The Kier molecular flexibility index (Phi) is 3.76. The van der Waals surface area contributed by atoms with Crippen LogP contribution in [0.3, 0.4) is 0 Å². The third kappa shape index (κ3) is 2.88. The summed E-state index contributed by atoms with van der Waals surface area (Å²) >= 11 is 6.03. The molecular weight excluding hydrogens is 264 g/mol. The number of aromatic carboxylic acids is 1. The van der Waals surface area contributed by atoms with Crippen molar-refractivity contribution in [2.24, 2.45) is 0 Å². The van der Waals surface area contributed by atoms with Gasteiger partial charge in [0.2, 0.25) is 0 Å². The van der Waals surface area contributed by atoms with Gasteiger partial charge < -0.3 is 9.84 Å². The van der Waals surface area contributed by atoms with Crippen molar-refractivity contribution in [3.8, 4) is 11.5 Å². The summed E-state index contributed by atoms with van der Waals surface area (Å²) in [7, 11) is 0. The minimum absolute atomic E-state index is 0.0495. The summed E-state index contributed by atoms with van der Waals surface area (Å²) in [5, 5.41) is 9.43. The van der Waals surface area contributed by atoms with Gasteiger partial charge in [0.15, 0.2) is 5.75 Å². The smallest absolute Gasteiger partial charge is 0.339 e. The van der Waals surface area contributed by atoms with Crippen LogP contribution in [0, 0.1) is 13.8 Å². The minimum Gasteiger partial charge on any atom is -0.478 e. The first kappa shape index (κ1) is 13.4. The Morgan fingerprint density at radius 1 is 1.21 bits per heavy atom. The molecule has 0 bridgehead atoms. The summed E-state index contributed by atoms with van der Waals surface area (Å²) in [6.45, 7) is 3.84. The molecule has 0 aliphatic heterocycles. The molecule has 0 aliphatic carbocycles. The van der Waals surface area contributed by atoms with E-state index in [-0.39, 0.29) is 16.3 Å². The molecule has 2 aromatic carbocycles. The number of benzene rings is 2. The number of halogens is 1. The van der Waals surface area contributed by atoms with Crippen LogP contribution in [-0.2, 0) is 0 Å². The molecule has 0 radical (unpaired) electrons. The van der Waals surface area contributed by atoms with Crippen LogP contribution in [0.1, 0.15) is 21.5 Å². The predicted octanol–water partition coefficient (Wildman–Crippen LogP) is 4.45. The molecule has 4 heteroatoms. The summed E-state index contributed by atoms with van der Waals surface area (Å²) in [4.78, 5) is 11.2. The molecule has 0 saturated carbocycles. The van der Waals surface area contributed by atoms with E-state index in [0.717, 1.165) is 11.1 Å². The number of hydrogen-bond donors (Lipinski definition) is 1. The summed E-state index contributed by atoms with van der Waals surface area (Å²) in [6, 6.07) is 10.4. The zero-order chi connectivity index (χ0) is 14.0. The van der Waals surface area contributed by atoms with Gasteiger partial charge in [-0.15, -0.1) is 0 Å². The quantitative estimate of drug-likeness (QED) is 0.901. The molecule has 0 atom stereocenters. The highest BCUT2D eigenvalue weighted by Gasteiger charge is 2.16. The SMILES string of the molecule is Cc1ccc(C)c(Oc2c(Cl)cccc2C(=O)O)c1. The molecule has 98 valence electrons. The van der Waals surface area contributed by atoms with Crippen LogP contribution in [0.5, 0.6) is 11.5 Å². The van der Waals surface area contributed by atoms with Gasteiger partial charge in [-0.05, 0) is 43.2 Å². The second kappa shape index (κ2) is 5.33. The molecular formula is C15H13ClO3. The second-order valence-corrected chi connectivity index (χ2v) is 4.70. The number of ether oxygens (including phenoxy) is 1. The van der Waals surface area contributed by atoms with Crippen LogP contribution >= 0.6 is 11.6 Å². The van der Waals surface area contributed by atoms with Gasteiger partial charge in [-0.2, -0.15) is 0 Å². The largest absolute Gasteiger partial charge is 0.478 e. The van der Waals surface area contributed by atoms with E-state index in [9.17, 15) is 4.79 Å². The normalized spacial score (nSPS) is 10.3. The Morgan fingerprint density at radius 3 is 2.63 bits per heavy atom. The van der Waals surface area contributed by atoms with Crippen molar-refractivity contribution in [1.82, 2.24) is 0 Å². The summed E-state index contributed by atoms with van der Waals surface area (Å²) in [5.74, 6) is -0.288. The van der Waals surface area contributed by atoms with Crippen molar-refractivity contribution in [2.45, 2.75) is 13.8 Å². The third-order valence-electron chi connectivity index (χ3n) is 2.75. The Morgan fingerprint density at radius 2 is 1.95 bits per heavy atom. The Hall–Kier alpha value is -2.00. The molecule has 0 unspecified atom stereocenters. The van der Waals surface area contributed by atoms with Crippen molar-refractivity contribution >= 4 is 17.6 Å². The lowest BCUT2D eigenvalue weighted by molar-refractivity contribution is 0.0694. The predicted molar refractivity (Wildman–Crippen MR) is 74.4 cm³/mol. The maximum absolute atomic E-state index is 11.2. The van der Waals surface area contributed by atoms with E-state index < -0.39 is 5.97 Å². The molecule has 19 heavy (non-hydrogen) atoms. The molecule has 0 amide bonds. The van der Waals surface area contributed by atoms with E-state index in [1.54, 1.807) is 12.1 Å². The number of carboxylic acid groups (broad SMARTS) is 1. The Balaban J connectivity index is 2.49. The van der Waals surface area contributed by atoms with Gasteiger partial charge in [-0.25, -0.2) is 4.79 Å². The highest BCUT2D eigenvalue weighted by molar-refractivity contribution is 6.32. The van der Waals surface area contributed by atoms with E-state index in [2.05, 4.69) is 0 Å². The molecule has 0 spiro atoms. The molecule has 2 rings (SSSR count). The zero-order valence-electron chi connectivity index (χ0n) is 10.6. The Bertz CT molecular complexity index is 635. The molecule has 0 fully saturated rings. The zero-order valence-corrected chi connectivity index (χ0v) is 11.4. The number of aryl methyl sites for hydroxylation is 2. The molecule has 2 aromatic rings. The van der Waals surface area contributed by atoms with Gasteiger partial charge in [-0.3, -0.25) is 0 Å². The lowest BCUT2D eigenvalue weighted by Crippen LogP contribution is -2.01. The van der Waals surface area contributed by atoms with Crippen LogP contribution in [0.25, 0.3) is 0 Å². The second-order valence-electron chi connectivity index (χ2n) is 4.29. The molecule has 3 nitrogen and oxygen atoms in total. The molecule has 0 heterocycles. The number of carbonyl (C=O) groups is 1. The number of para-hydroxylation sites is 1. The molecule has 0 saturated heterocycles. The van der Waals surface area contributed by atoms with Gasteiger partial charge in [0.1, 0.15) is 11.3 Å². The van der Waals surface area contributed by atoms with Crippen LogP contribution in [0.4, 0.5) is 0 Å². The average molecular weight is 277 g/mol. The summed E-state index contributed by atoms with van der Waals surface area (Å²) in [5.41, 5.74) is 2.00. The van der Waals surface area contributed by atoms with Gasteiger partial charge >= 0.3 is 5.97 Å². The minimum atomic E-state index is -1.07. The summed E-state index contributed by atoms with van der Waals surface area (Å²) in [6.07, 6.45) is 0. The highest BCUT2D eigenvalue weighted by atomic mass is 35.5. The first-order chi connectivity index (χ1) is 8.99. The standard InChI is InChI=1S/C15H13ClO3/c1-9-6-7-10(2)13(8-9)19-14-11(15(17)18)4-3-5-12(14)16/h3-8H,1-2H3,(H,17,18). The van der Waals surface area contributed by atoms with Crippen molar-refractivity contribution in [1.29, 1.82) is 0 Å². The molecule has 0 aliphatic rings. The van der Waals surface area contributed by atoms with Gasteiger partial charge in [0.25, 0.3) is 0 Å². The van der Waals surface area contributed by atoms with Crippen molar-refractivity contribution in [3.63, 3.8) is 0 Å². The van der Waals surface area contributed by atoms with Crippen molar-refractivity contribution in [3.05, 3.63) is 58.1 Å². The fourth-order valence-electron chi connectivity index (χ4n) is 1.71. The fraction of sp³-hybridized carbons (Fsp3) is 0.133. The highest BCUT2D eigenvalue weighted by Crippen LogP contribution is 2.34. The Labute approximate surface area is 116 Å². The van der Waals surface area contributed by atoms with Gasteiger partial charge in [0.05, 0.1) is 5.02 Å². The van der Waals surface area contributed by atoms with Crippen LogP contribution in [-0.4, -0.2) is 11.1 Å². The topological polar surface area (TPSA) is 46.5 Å². The molecule has 1 N–H and O–H groups in total. The van der Waals surface area contributed by atoms with Crippen LogP contribution in [0.15, 0.2) is 36.4 Å². The van der Waals surface area contributed by atoms with E-state index in [1.165, 1.54) is 6.07 Å². The number of carboxylic acids is 1. The van der Waals surface area contributed by atoms with Crippen molar-refractivity contribution < 1.29 is 14.6 Å².